The van der Waals surface area contributed by atoms with Gasteiger partial charge < -0.3 is 14.3 Å². The summed E-state index contributed by atoms with van der Waals surface area (Å²) in [4.78, 5) is 28.4. The average molecular weight is 389 g/mol. The lowest BCUT2D eigenvalue weighted by atomic mass is 10.1. The molecule has 3 heterocycles. The molecule has 0 aliphatic rings. The number of nitrogens with zero attached hydrogens (tertiary/aromatic N) is 4. The number of nitrogens with one attached hydrogen (secondary N) is 1. The lowest BCUT2D eigenvalue weighted by Gasteiger charge is -2.08. The van der Waals surface area contributed by atoms with Gasteiger partial charge in [0.05, 0.1) is 19.1 Å². The molecule has 0 saturated carbocycles. The standard InChI is InChI=1S/C21H19N5O3/c27-20-8-7-18(19-2-1-13-29-19)24-26(20)12-10-23-21(28)17-5-3-16(4-6-17)14-25-11-9-22-15-25/h1-9,11,13,15H,10,12,14H2,(H,23,28). The summed E-state index contributed by atoms with van der Waals surface area (Å²) in [6.07, 6.45) is 6.91. The Bertz CT molecular complexity index is 1130. The summed E-state index contributed by atoms with van der Waals surface area (Å²) in [5.74, 6) is 0.382. The van der Waals surface area contributed by atoms with Gasteiger partial charge in [-0.1, -0.05) is 12.1 Å². The lowest BCUT2D eigenvalue weighted by molar-refractivity contribution is 0.0951. The molecule has 0 fully saturated rings. The van der Waals surface area contributed by atoms with E-state index in [2.05, 4.69) is 15.4 Å². The highest BCUT2D eigenvalue weighted by atomic mass is 16.3. The summed E-state index contributed by atoms with van der Waals surface area (Å²) in [6.45, 7) is 1.24. The molecule has 0 aliphatic carbocycles. The molecular weight excluding hydrogens is 370 g/mol. The van der Waals surface area contributed by atoms with Gasteiger partial charge in [0.2, 0.25) is 0 Å². The zero-order valence-corrected chi connectivity index (χ0v) is 15.6. The molecule has 8 nitrogen and oxygen atoms in total. The Kier molecular flexibility index (Phi) is 5.33. The van der Waals surface area contributed by atoms with Crippen LogP contribution in [-0.2, 0) is 13.1 Å². The van der Waals surface area contributed by atoms with Crippen LogP contribution in [0.3, 0.4) is 0 Å². The summed E-state index contributed by atoms with van der Waals surface area (Å²) in [7, 11) is 0. The molecule has 29 heavy (non-hydrogen) atoms. The Labute approximate surface area is 166 Å². The Morgan fingerprint density at radius 3 is 2.69 bits per heavy atom. The van der Waals surface area contributed by atoms with E-state index in [4.69, 9.17) is 4.42 Å². The number of hydrogen-bond donors (Lipinski definition) is 1. The topological polar surface area (TPSA) is 95.0 Å². The van der Waals surface area contributed by atoms with Crippen molar-refractivity contribution in [1.82, 2.24) is 24.6 Å². The molecule has 0 atom stereocenters. The molecule has 1 N–H and O–H groups in total. The summed E-state index contributed by atoms with van der Waals surface area (Å²) in [5, 5.41) is 7.10. The van der Waals surface area contributed by atoms with E-state index in [1.54, 1.807) is 49.1 Å². The number of hydrogen-bond acceptors (Lipinski definition) is 5. The van der Waals surface area contributed by atoms with E-state index in [0.717, 1.165) is 5.56 Å². The van der Waals surface area contributed by atoms with Gasteiger partial charge in [0.1, 0.15) is 5.69 Å². The van der Waals surface area contributed by atoms with Gasteiger partial charge in [0.15, 0.2) is 5.76 Å². The van der Waals surface area contributed by atoms with Crippen LogP contribution in [0.15, 0.2) is 82.7 Å². The van der Waals surface area contributed by atoms with Crippen molar-refractivity contribution in [3.05, 3.63) is 95.0 Å². The zero-order chi connectivity index (χ0) is 20.1. The fourth-order valence-corrected chi connectivity index (χ4v) is 2.89. The van der Waals surface area contributed by atoms with Crippen LogP contribution in [0.5, 0.6) is 0 Å². The zero-order valence-electron chi connectivity index (χ0n) is 15.6. The molecule has 4 rings (SSSR count). The molecule has 4 aromatic rings. The second-order valence-corrected chi connectivity index (χ2v) is 6.45. The predicted molar refractivity (Wildman–Crippen MR) is 106 cm³/mol. The summed E-state index contributed by atoms with van der Waals surface area (Å²) in [5.41, 5.74) is 1.96. The van der Waals surface area contributed by atoms with Crippen LogP contribution in [0.4, 0.5) is 0 Å². The van der Waals surface area contributed by atoms with Gasteiger partial charge >= 0.3 is 0 Å². The third kappa shape index (κ3) is 4.49. The molecule has 3 aromatic heterocycles. The van der Waals surface area contributed by atoms with Crippen molar-refractivity contribution in [3.8, 4) is 11.5 Å². The summed E-state index contributed by atoms with van der Waals surface area (Å²) in [6, 6.07) is 14.0. The molecule has 0 saturated heterocycles. The number of aromatic nitrogens is 4. The minimum absolute atomic E-state index is 0.200. The third-order valence-electron chi connectivity index (χ3n) is 4.39. The monoisotopic (exact) mass is 389 g/mol. The van der Waals surface area contributed by atoms with Crippen LogP contribution in [0, 0.1) is 0 Å². The van der Waals surface area contributed by atoms with Gasteiger partial charge in [-0.25, -0.2) is 9.67 Å². The number of benzene rings is 1. The SMILES string of the molecule is O=C(NCCn1nc(-c2ccco2)ccc1=O)c1ccc(Cn2ccnc2)cc1. The van der Waals surface area contributed by atoms with Crippen molar-refractivity contribution < 1.29 is 9.21 Å². The van der Waals surface area contributed by atoms with Crippen LogP contribution >= 0.6 is 0 Å². The van der Waals surface area contributed by atoms with Gasteiger partial charge in [-0.3, -0.25) is 9.59 Å². The van der Waals surface area contributed by atoms with Gasteiger partial charge in [0.25, 0.3) is 11.5 Å². The quantitative estimate of drug-likeness (QED) is 0.523. The van der Waals surface area contributed by atoms with Crippen molar-refractivity contribution >= 4 is 5.91 Å². The number of rotatable bonds is 7. The maximum Gasteiger partial charge on any atom is 0.266 e. The van der Waals surface area contributed by atoms with Crippen molar-refractivity contribution in [3.63, 3.8) is 0 Å². The van der Waals surface area contributed by atoms with Crippen molar-refractivity contribution in [2.75, 3.05) is 6.54 Å². The van der Waals surface area contributed by atoms with Crippen molar-refractivity contribution in [2.24, 2.45) is 0 Å². The first-order valence-corrected chi connectivity index (χ1v) is 9.14. The molecule has 0 unspecified atom stereocenters. The molecule has 0 bridgehead atoms. The molecule has 8 heteroatoms. The van der Waals surface area contributed by atoms with Crippen molar-refractivity contribution in [2.45, 2.75) is 13.1 Å². The number of imidazole rings is 1. The normalized spacial score (nSPS) is 10.8. The highest BCUT2D eigenvalue weighted by Gasteiger charge is 2.08. The fraction of sp³-hybridized carbons (Fsp3) is 0.143. The predicted octanol–water partition coefficient (Wildman–Crippen LogP) is 2.18. The van der Waals surface area contributed by atoms with E-state index in [1.165, 1.54) is 10.7 Å². The first-order chi connectivity index (χ1) is 14.2. The highest BCUT2D eigenvalue weighted by molar-refractivity contribution is 5.94. The Balaban J connectivity index is 1.34. The van der Waals surface area contributed by atoms with E-state index in [0.29, 0.717) is 23.6 Å². The fourth-order valence-electron chi connectivity index (χ4n) is 2.89. The van der Waals surface area contributed by atoms with E-state index in [-0.39, 0.29) is 24.6 Å². The molecular formula is C21H19N5O3. The third-order valence-corrected chi connectivity index (χ3v) is 4.39. The number of carbonyl (C=O) groups excluding carboxylic acids is 1. The largest absolute Gasteiger partial charge is 0.463 e. The smallest absolute Gasteiger partial charge is 0.266 e. The van der Waals surface area contributed by atoms with E-state index >= 15 is 0 Å². The molecule has 0 aliphatic heterocycles. The van der Waals surface area contributed by atoms with Crippen molar-refractivity contribution in [1.29, 1.82) is 0 Å². The first kappa shape index (κ1) is 18.4. The first-order valence-electron chi connectivity index (χ1n) is 9.14. The number of furan rings is 1. The average Bonchev–Trinajstić information content (AvgIpc) is 3.44. The van der Waals surface area contributed by atoms with Crippen LogP contribution in [0.1, 0.15) is 15.9 Å². The van der Waals surface area contributed by atoms with E-state index in [1.807, 2.05) is 22.9 Å². The second-order valence-electron chi connectivity index (χ2n) is 6.45. The maximum absolute atomic E-state index is 12.4. The van der Waals surface area contributed by atoms with Crippen LogP contribution in [-0.4, -0.2) is 31.8 Å². The maximum atomic E-state index is 12.4. The van der Waals surface area contributed by atoms with Crippen LogP contribution < -0.4 is 10.9 Å². The Morgan fingerprint density at radius 1 is 1.10 bits per heavy atom. The van der Waals surface area contributed by atoms with E-state index < -0.39 is 0 Å². The molecule has 146 valence electrons. The molecule has 1 aromatic carbocycles. The molecule has 0 spiro atoms. The van der Waals surface area contributed by atoms with E-state index in [9.17, 15) is 9.59 Å². The molecule has 0 radical (unpaired) electrons. The second kappa shape index (κ2) is 8.39. The Morgan fingerprint density at radius 2 is 1.97 bits per heavy atom. The number of amides is 1. The Hall–Kier alpha value is -3.94. The minimum atomic E-state index is -0.238. The highest BCUT2D eigenvalue weighted by Crippen LogP contribution is 2.15. The van der Waals surface area contributed by atoms with Gasteiger partial charge in [-0.05, 0) is 35.9 Å². The lowest BCUT2D eigenvalue weighted by Crippen LogP contribution is -2.31. The number of carbonyl (C=O) groups is 1. The van der Waals surface area contributed by atoms with Gasteiger partial charge in [0, 0.05) is 37.1 Å². The van der Waals surface area contributed by atoms with Crippen LogP contribution in [0.25, 0.3) is 11.5 Å². The van der Waals surface area contributed by atoms with Gasteiger partial charge in [-0.15, -0.1) is 0 Å². The summed E-state index contributed by atoms with van der Waals surface area (Å²) < 4.78 is 8.57. The molecule has 1 amide bonds. The minimum Gasteiger partial charge on any atom is -0.463 e. The van der Waals surface area contributed by atoms with Crippen LogP contribution in [0.2, 0.25) is 0 Å². The van der Waals surface area contributed by atoms with Gasteiger partial charge in [-0.2, -0.15) is 5.10 Å². The summed E-state index contributed by atoms with van der Waals surface area (Å²) >= 11 is 0.